The predicted octanol–water partition coefficient (Wildman–Crippen LogP) is 2.92. The highest BCUT2D eigenvalue weighted by atomic mass is 32.1. The van der Waals surface area contributed by atoms with E-state index in [0.29, 0.717) is 28.5 Å². The lowest BCUT2D eigenvalue weighted by Gasteiger charge is -2.03. The second-order valence-corrected chi connectivity index (χ2v) is 6.42. The Balaban J connectivity index is 1.60. The van der Waals surface area contributed by atoms with Crippen LogP contribution < -0.4 is 15.0 Å². The van der Waals surface area contributed by atoms with Gasteiger partial charge >= 0.3 is 0 Å². The Kier molecular flexibility index (Phi) is 3.66. The second kappa shape index (κ2) is 5.98. The minimum absolute atomic E-state index is 0.137. The van der Waals surface area contributed by atoms with Crippen molar-refractivity contribution in [2.75, 3.05) is 6.79 Å². The number of benzene rings is 2. The topological polar surface area (TPSA) is 57.5 Å². The summed E-state index contributed by atoms with van der Waals surface area (Å²) >= 11 is 1.17. The highest BCUT2D eigenvalue weighted by molar-refractivity contribution is 7.08. The van der Waals surface area contributed by atoms with Crippen molar-refractivity contribution in [3.8, 4) is 11.5 Å². The second-order valence-electron chi connectivity index (χ2n) is 5.36. The lowest BCUT2D eigenvalue weighted by Crippen LogP contribution is -2.12. The van der Waals surface area contributed by atoms with Crippen molar-refractivity contribution in [2.24, 2.45) is 0 Å². The zero-order chi connectivity index (χ0) is 16.5. The molecule has 0 spiro atoms. The predicted molar refractivity (Wildman–Crippen MR) is 90.1 cm³/mol. The molecule has 1 aliphatic heterocycles. The minimum atomic E-state index is -0.183. The van der Waals surface area contributed by atoms with Crippen molar-refractivity contribution in [2.45, 2.75) is 6.54 Å². The fraction of sp³-hybridized carbons (Fsp3) is 0.111. The van der Waals surface area contributed by atoms with Gasteiger partial charge in [-0.3, -0.25) is 13.5 Å². The van der Waals surface area contributed by atoms with E-state index < -0.39 is 0 Å². The first kappa shape index (κ1) is 14.7. The molecular weight excluding hydrogens is 326 g/mol. The van der Waals surface area contributed by atoms with Gasteiger partial charge < -0.3 is 9.47 Å². The number of hydrogen-bond donors (Lipinski definition) is 0. The first-order valence-electron chi connectivity index (χ1n) is 7.40. The van der Waals surface area contributed by atoms with Gasteiger partial charge in [0.15, 0.2) is 11.5 Å². The van der Waals surface area contributed by atoms with Gasteiger partial charge in [-0.1, -0.05) is 47.9 Å². The summed E-state index contributed by atoms with van der Waals surface area (Å²) in [6.45, 7) is 0.607. The summed E-state index contributed by atoms with van der Waals surface area (Å²) in [6, 6.07) is 15.9. The van der Waals surface area contributed by atoms with E-state index in [1.165, 1.54) is 17.6 Å². The van der Waals surface area contributed by atoms with Gasteiger partial charge in [-0.05, 0) is 17.7 Å². The molecule has 0 saturated carbocycles. The molecule has 0 aliphatic carbocycles. The Morgan fingerprint density at radius 1 is 1.04 bits per heavy atom. The summed E-state index contributed by atoms with van der Waals surface area (Å²) < 4.78 is 12.2. The summed E-state index contributed by atoms with van der Waals surface area (Å²) in [5, 5.41) is 0. The maximum absolute atomic E-state index is 12.4. The molecule has 1 aromatic heterocycles. The molecule has 5 nitrogen and oxygen atoms in total. The third kappa shape index (κ3) is 2.72. The van der Waals surface area contributed by atoms with Gasteiger partial charge in [-0.2, -0.15) is 0 Å². The number of nitrogens with zero attached hydrogens (tertiary/aromatic N) is 1. The van der Waals surface area contributed by atoms with Gasteiger partial charge in [0.05, 0.1) is 11.4 Å². The van der Waals surface area contributed by atoms with Gasteiger partial charge in [-0.15, -0.1) is 0 Å². The quantitative estimate of drug-likeness (QED) is 0.686. The van der Waals surface area contributed by atoms with Crippen molar-refractivity contribution in [3.63, 3.8) is 0 Å². The smallest absolute Gasteiger partial charge is 0.261 e. The van der Waals surface area contributed by atoms with E-state index in [-0.39, 0.29) is 18.1 Å². The largest absolute Gasteiger partial charge is 0.454 e. The Morgan fingerprint density at radius 3 is 2.67 bits per heavy atom. The van der Waals surface area contributed by atoms with Crippen molar-refractivity contribution in [1.82, 2.24) is 3.96 Å². The molecule has 0 radical (unpaired) electrons. The number of fused-ring (bicyclic) bond motifs is 1. The first-order valence-corrected chi connectivity index (χ1v) is 8.17. The van der Waals surface area contributed by atoms with Gasteiger partial charge in [0.2, 0.25) is 12.6 Å². The van der Waals surface area contributed by atoms with Gasteiger partial charge in [0.25, 0.3) is 5.56 Å². The zero-order valence-corrected chi connectivity index (χ0v) is 13.4. The number of aromatic nitrogens is 1. The zero-order valence-electron chi connectivity index (χ0n) is 12.6. The van der Waals surface area contributed by atoms with E-state index in [0.717, 1.165) is 5.56 Å². The molecule has 2 aromatic carbocycles. The molecular formula is C18H13NO4S. The summed E-state index contributed by atoms with van der Waals surface area (Å²) in [7, 11) is 0. The van der Waals surface area contributed by atoms with E-state index >= 15 is 0 Å². The van der Waals surface area contributed by atoms with Crippen molar-refractivity contribution < 1.29 is 14.3 Å². The highest BCUT2D eigenvalue weighted by Crippen LogP contribution is 2.32. The molecule has 0 N–H and O–H groups in total. The van der Waals surface area contributed by atoms with Crippen LogP contribution in [0, 0.1) is 0 Å². The van der Waals surface area contributed by atoms with Crippen LogP contribution >= 0.6 is 11.5 Å². The summed E-state index contributed by atoms with van der Waals surface area (Å²) in [5.74, 6) is 1.25. The number of ketones is 1. The van der Waals surface area contributed by atoms with E-state index in [9.17, 15) is 9.59 Å². The molecule has 0 unspecified atom stereocenters. The maximum atomic E-state index is 12.4. The van der Waals surface area contributed by atoms with Crippen LogP contribution in [0.15, 0.2) is 59.4 Å². The SMILES string of the molecule is O=C(c1ccccc1)c1cc(=O)n(Cc2ccc3c(c2)OCO3)s1. The van der Waals surface area contributed by atoms with Crippen LogP contribution in [0.3, 0.4) is 0 Å². The lowest BCUT2D eigenvalue weighted by molar-refractivity contribution is 0.104. The van der Waals surface area contributed by atoms with Crippen molar-refractivity contribution in [1.29, 1.82) is 0 Å². The first-order chi connectivity index (χ1) is 11.7. The van der Waals surface area contributed by atoms with Crippen LogP contribution in [-0.2, 0) is 6.54 Å². The number of carbonyl (C=O) groups is 1. The van der Waals surface area contributed by atoms with Gasteiger partial charge in [-0.25, -0.2) is 0 Å². The van der Waals surface area contributed by atoms with Crippen molar-refractivity contribution >= 4 is 17.3 Å². The maximum Gasteiger partial charge on any atom is 0.261 e. The third-order valence-electron chi connectivity index (χ3n) is 3.73. The summed E-state index contributed by atoms with van der Waals surface area (Å²) in [5.41, 5.74) is 1.31. The molecule has 0 amide bonds. The Morgan fingerprint density at radius 2 is 1.83 bits per heavy atom. The molecule has 2 heterocycles. The van der Waals surface area contributed by atoms with E-state index in [1.54, 1.807) is 28.2 Å². The van der Waals surface area contributed by atoms with Gasteiger partial charge in [0.1, 0.15) is 0 Å². The van der Waals surface area contributed by atoms with Crippen molar-refractivity contribution in [3.05, 3.63) is 81.0 Å². The standard InChI is InChI=1S/C18H13NO4S/c20-17-9-16(18(21)13-4-2-1-3-5-13)24-19(17)10-12-6-7-14-15(8-12)23-11-22-14/h1-9H,10-11H2. The number of ether oxygens (including phenoxy) is 2. The fourth-order valence-corrected chi connectivity index (χ4v) is 3.48. The average Bonchev–Trinajstić information content (AvgIpc) is 3.21. The van der Waals surface area contributed by atoms with E-state index in [4.69, 9.17) is 9.47 Å². The van der Waals surface area contributed by atoms with Crippen LogP contribution in [0.25, 0.3) is 0 Å². The molecule has 1 aliphatic rings. The molecule has 120 valence electrons. The van der Waals surface area contributed by atoms with E-state index in [1.807, 2.05) is 24.3 Å². The molecule has 3 aromatic rings. The molecule has 0 saturated heterocycles. The average molecular weight is 339 g/mol. The normalized spacial score (nSPS) is 12.3. The molecule has 0 fully saturated rings. The molecule has 4 rings (SSSR count). The molecule has 0 atom stereocenters. The summed E-state index contributed by atoms with van der Waals surface area (Å²) in [4.78, 5) is 25.1. The lowest BCUT2D eigenvalue weighted by atomic mass is 10.1. The fourth-order valence-electron chi connectivity index (χ4n) is 2.53. The van der Waals surface area contributed by atoms with Gasteiger partial charge in [0, 0.05) is 11.6 Å². The van der Waals surface area contributed by atoms with Crippen LogP contribution in [-0.4, -0.2) is 16.5 Å². The summed E-state index contributed by atoms with van der Waals surface area (Å²) in [6.07, 6.45) is 0. The molecule has 0 bridgehead atoms. The van der Waals surface area contributed by atoms with Crippen LogP contribution in [0.4, 0.5) is 0 Å². The van der Waals surface area contributed by atoms with E-state index in [2.05, 4.69) is 0 Å². The number of hydrogen-bond acceptors (Lipinski definition) is 5. The minimum Gasteiger partial charge on any atom is -0.454 e. The van der Waals surface area contributed by atoms with Crippen LogP contribution in [0.5, 0.6) is 11.5 Å². The Labute approximate surface area is 141 Å². The third-order valence-corrected chi connectivity index (χ3v) is 4.76. The molecule has 6 heteroatoms. The Hall–Kier alpha value is -2.86. The number of carbonyl (C=O) groups excluding carboxylic acids is 1. The monoisotopic (exact) mass is 339 g/mol. The van der Waals surface area contributed by atoms with Crippen LogP contribution in [0.1, 0.15) is 20.8 Å². The number of rotatable bonds is 4. The molecule has 24 heavy (non-hydrogen) atoms. The van der Waals surface area contributed by atoms with Crippen LogP contribution in [0.2, 0.25) is 0 Å². The highest BCUT2D eigenvalue weighted by Gasteiger charge is 2.16. The Bertz CT molecular complexity index is 959.